The van der Waals surface area contributed by atoms with Crippen LogP contribution in [-0.4, -0.2) is 13.0 Å². The number of rotatable bonds is 5. The van der Waals surface area contributed by atoms with Gasteiger partial charge in [0.25, 0.3) is 5.91 Å². The summed E-state index contributed by atoms with van der Waals surface area (Å²) < 4.78 is 18.9. The van der Waals surface area contributed by atoms with Crippen molar-refractivity contribution in [2.45, 2.75) is 26.3 Å². The van der Waals surface area contributed by atoms with E-state index in [2.05, 4.69) is 5.32 Å². The molecule has 0 radical (unpaired) electrons. The zero-order valence-corrected chi connectivity index (χ0v) is 13.0. The molecule has 0 saturated heterocycles. The normalized spacial score (nSPS) is 11.8. The lowest BCUT2D eigenvalue weighted by Crippen LogP contribution is -2.28. The number of aryl methyl sites for hydroxylation is 1. The third kappa shape index (κ3) is 3.64. The molecule has 1 amide bonds. The van der Waals surface area contributed by atoms with E-state index in [1.165, 1.54) is 19.2 Å². The summed E-state index contributed by atoms with van der Waals surface area (Å²) in [5.74, 6) is -0.622. The van der Waals surface area contributed by atoms with Crippen molar-refractivity contribution in [3.63, 3.8) is 0 Å². The summed E-state index contributed by atoms with van der Waals surface area (Å²) in [5.41, 5.74) is 2.19. The fourth-order valence-electron chi connectivity index (χ4n) is 2.26. The fraction of sp³-hybridized carbons (Fsp3) is 0.278. The lowest BCUT2D eigenvalue weighted by Gasteiger charge is -2.18. The van der Waals surface area contributed by atoms with Gasteiger partial charge >= 0.3 is 0 Å². The van der Waals surface area contributed by atoms with Crippen LogP contribution in [0.15, 0.2) is 42.5 Å². The van der Waals surface area contributed by atoms with Crippen molar-refractivity contribution >= 4 is 5.91 Å². The van der Waals surface area contributed by atoms with Crippen molar-refractivity contribution < 1.29 is 13.9 Å². The van der Waals surface area contributed by atoms with E-state index >= 15 is 0 Å². The molecule has 0 heterocycles. The topological polar surface area (TPSA) is 38.3 Å². The van der Waals surface area contributed by atoms with Crippen LogP contribution in [0, 0.1) is 12.7 Å². The molecule has 22 heavy (non-hydrogen) atoms. The Labute approximate surface area is 130 Å². The first-order valence-corrected chi connectivity index (χ1v) is 7.26. The predicted octanol–water partition coefficient (Wildman–Crippen LogP) is 4.02. The smallest absolute Gasteiger partial charge is 0.254 e. The number of hydrogen-bond acceptors (Lipinski definition) is 2. The number of amides is 1. The molecule has 1 unspecified atom stereocenters. The molecule has 0 aliphatic heterocycles. The van der Waals surface area contributed by atoms with Gasteiger partial charge in [-0.25, -0.2) is 4.39 Å². The molecule has 4 heteroatoms. The van der Waals surface area contributed by atoms with Gasteiger partial charge in [0.05, 0.1) is 18.7 Å². The largest absolute Gasteiger partial charge is 0.497 e. The van der Waals surface area contributed by atoms with Gasteiger partial charge in [-0.2, -0.15) is 0 Å². The van der Waals surface area contributed by atoms with Crippen LogP contribution < -0.4 is 10.1 Å². The van der Waals surface area contributed by atoms with Gasteiger partial charge in [0, 0.05) is 6.07 Å². The Hall–Kier alpha value is -2.36. The molecule has 0 bridgehead atoms. The molecule has 1 N–H and O–H groups in total. The second-order valence-corrected chi connectivity index (χ2v) is 5.19. The van der Waals surface area contributed by atoms with Crippen LogP contribution in [-0.2, 0) is 0 Å². The van der Waals surface area contributed by atoms with Crippen molar-refractivity contribution in [2.75, 3.05) is 7.11 Å². The SMILES string of the molecule is CCC(NC(=O)c1ccc(OC)cc1F)c1ccc(C)cc1. The van der Waals surface area contributed by atoms with Crippen LogP contribution in [0.4, 0.5) is 4.39 Å². The summed E-state index contributed by atoms with van der Waals surface area (Å²) in [5, 5.41) is 2.88. The molecule has 0 aliphatic carbocycles. The van der Waals surface area contributed by atoms with Gasteiger partial charge in [-0.3, -0.25) is 4.79 Å². The van der Waals surface area contributed by atoms with E-state index in [4.69, 9.17) is 4.74 Å². The Morgan fingerprint density at radius 2 is 1.91 bits per heavy atom. The van der Waals surface area contributed by atoms with Crippen molar-refractivity contribution in [1.82, 2.24) is 5.32 Å². The van der Waals surface area contributed by atoms with Gasteiger partial charge in [-0.15, -0.1) is 0 Å². The molecule has 3 nitrogen and oxygen atoms in total. The minimum Gasteiger partial charge on any atom is -0.497 e. The second kappa shape index (κ2) is 7.07. The van der Waals surface area contributed by atoms with Crippen molar-refractivity contribution in [3.8, 4) is 5.75 Å². The maximum absolute atomic E-state index is 14.0. The zero-order valence-electron chi connectivity index (χ0n) is 13.0. The number of methoxy groups -OCH3 is 1. The van der Waals surface area contributed by atoms with E-state index < -0.39 is 11.7 Å². The van der Waals surface area contributed by atoms with E-state index in [0.717, 1.165) is 17.5 Å². The van der Waals surface area contributed by atoms with Crippen LogP contribution in [0.3, 0.4) is 0 Å². The quantitative estimate of drug-likeness (QED) is 0.905. The number of halogens is 1. The third-order valence-corrected chi connectivity index (χ3v) is 3.61. The van der Waals surface area contributed by atoms with Gasteiger partial charge in [0.15, 0.2) is 0 Å². The molecule has 0 fully saturated rings. The Bertz CT molecular complexity index is 653. The lowest BCUT2D eigenvalue weighted by atomic mass is 10.0. The van der Waals surface area contributed by atoms with E-state index in [1.807, 2.05) is 38.1 Å². The monoisotopic (exact) mass is 301 g/mol. The molecule has 0 aromatic heterocycles. The minimum atomic E-state index is -0.587. The minimum absolute atomic E-state index is 0.0198. The summed E-state index contributed by atoms with van der Waals surface area (Å²) in [6.07, 6.45) is 0.729. The molecule has 0 spiro atoms. The Morgan fingerprint density at radius 3 is 2.45 bits per heavy atom. The van der Waals surface area contributed by atoms with E-state index in [1.54, 1.807) is 6.07 Å². The first kappa shape index (κ1) is 16.0. The molecule has 116 valence electrons. The van der Waals surface area contributed by atoms with Crippen LogP contribution in [0.2, 0.25) is 0 Å². The van der Waals surface area contributed by atoms with Crippen molar-refractivity contribution in [2.24, 2.45) is 0 Å². The van der Waals surface area contributed by atoms with E-state index in [0.29, 0.717) is 5.75 Å². The molecule has 0 saturated carbocycles. The summed E-state index contributed by atoms with van der Waals surface area (Å²) in [6, 6.07) is 12.0. The first-order valence-electron chi connectivity index (χ1n) is 7.26. The van der Waals surface area contributed by atoms with Crippen LogP contribution in [0.1, 0.15) is 40.9 Å². The number of carbonyl (C=O) groups is 1. The predicted molar refractivity (Wildman–Crippen MR) is 84.6 cm³/mol. The highest BCUT2D eigenvalue weighted by Crippen LogP contribution is 2.20. The van der Waals surface area contributed by atoms with Crippen molar-refractivity contribution in [3.05, 3.63) is 65.0 Å². The number of carbonyl (C=O) groups excluding carboxylic acids is 1. The number of benzene rings is 2. The second-order valence-electron chi connectivity index (χ2n) is 5.19. The average Bonchev–Trinajstić information content (AvgIpc) is 2.53. The van der Waals surface area contributed by atoms with Gasteiger partial charge in [-0.1, -0.05) is 36.8 Å². The molecule has 2 aromatic rings. The first-order chi connectivity index (χ1) is 10.5. The summed E-state index contributed by atoms with van der Waals surface area (Å²) in [7, 11) is 1.46. The average molecular weight is 301 g/mol. The van der Waals surface area contributed by atoms with Crippen LogP contribution in [0.25, 0.3) is 0 Å². The Balaban J connectivity index is 2.17. The number of hydrogen-bond donors (Lipinski definition) is 1. The number of nitrogens with one attached hydrogen (secondary N) is 1. The van der Waals surface area contributed by atoms with E-state index in [9.17, 15) is 9.18 Å². The maximum Gasteiger partial charge on any atom is 0.254 e. The standard InChI is InChI=1S/C18H20FNO2/c1-4-17(13-7-5-12(2)6-8-13)20-18(21)15-10-9-14(22-3)11-16(15)19/h5-11,17H,4H2,1-3H3,(H,20,21). The van der Waals surface area contributed by atoms with Gasteiger partial charge < -0.3 is 10.1 Å². The highest BCUT2D eigenvalue weighted by atomic mass is 19.1. The third-order valence-electron chi connectivity index (χ3n) is 3.61. The number of ether oxygens (including phenoxy) is 1. The van der Waals surface area contributed by atoms with Gasteiger partial charge in [-0.05, 0) is 31.0 Å². The van der Waals surface area contributed by atoms with Crippen LogP contribution >= 0.6 is 0 Å². The van der Waals surface area contributed by atoms with Gasteiger partial charge in [0.2, 0.25) is 0 Å². The molecule has 2 aromatic carbocycles. The highest BCUT2D eigenvalue weighted by Gasteiger charge is 2.17. The highest BCUT2D eigenvalue weighted by molar-refractivity contribution is 5.94. The maximum atomic E-state index is 14.0. The summed E-state index contributed by atoms with van der Waals surface area (Å²) >= 11 is 0. The molecule has 1 atom stereocenters. The van der Waals surface area contributed by atoms with Crippen molar-refractivity contribution in [1.29, 1.82) is 0 Å². The van der Waals surface area contributed by atoms with E-state index in [-0.39, 0.29) is 11.6 Å². The zero-order chi connectivity index (χ0) is 16.1. The Kier molecular flexibility index (Phi) is 5.15. The molecule has 0 aliphatic rings. The molecular formula is C18H20FNO2. The van der Waals surface area contributed by atoms with Crippen LogP contribution in [0.5, 0.6) is 5.75 Å². The molecular weight excluding hydrogens is 281 g/mol. The van der Waals surface area contributed by atoms with Gasteiger partial charge in [0.1, 0.15) is 11.6 Å². The fourth-order valence-corrected chi connectivity index (χ4v) is 2.26. The lowest BCUT2D eigenvalue weighted by molar-refractivity contribution is 0.0931. The Morgan fingerprint density at radius 1 is 1.23 bits per heavy atom. The summed E-state index contributed by atoms with van der Waals surface area (Å²) in [4.78, 5) is 12.3. The summed E-state index contributed by atoms with van der Waals surface area (Å²) in [6.45, 7) is 3.99. The molecule has 2 rings (SSSR count).